The summed E-state index contributed by atoms with van der Waals surface area (Å²) in [5.41, 5.74) is 6.56. The molecule has 0 aliphatic rings. The molecule has 0 aromatic rings. The zero-order chi connectivity index (χ0) is 11.7. The number of nitrogens with two attached hydrogens (primary N) is 1. The van der Waals surface area contributed by atoms with Crippen LogP contribution in [0.3, 0.4) is 0 Å². The molecule has 0 heterocycles. The predicted octanol–water partition coefficient (Wildman–Crippen LogP) is 5.08. The van der Waals surface area contributed by atoms with Gasteiger partial charge in [-0.1, -0.05) is 59.8 Å². The van der Waals surface area contributed by atoms with E-state index in [0.717, 1.165) is 18.8 Å². The topological polar surface area (TPSA) is 26.0 Å². The molecule has 0 fully saturated rings. The van der Waals surface area contributed by atoms with Crippen LogP contribution in [-0.4, -0.2) is 5.54 Å². The lowest BCUT2D eigenvalue weighted by Gasteiger charge is -2.36. The number of rotatable bonds is 9. The van der Waals surface area contributed by atoms with Crippen molar-refractivity contribution in [3.05, 3.63) is 0 Å². The van der Waals surface area contributed by atoms with Crippen LogP contribution < -0.4 is 5.73 Å². The Labute approximate surface area is 113 Å². The molecule has 0 aromatic carbocycles. The average Bonchev–Trinajstić information content (AvgIpc) is 2.28. The highest BCUT2D eigenvalue weighted by Crippen LogP contribution is 2.29. The van der Waals surface area contributed by atoms with E-state index in [1.807, 2.05) is 0 Å². The highest BCUT2D eigenvalue weighted by Gasteiger charge is 2.29. The summed E-state index contributed by atoms with van der Waals surface area (Å²) < 4.78 is 0. The largest absolute Gasteiger partial charge is 0.325 e. The highest BCUT2D eigenvalue weighted by molar-refractivity contribution is 8.93. The average molecular weight is 294 g/mol. The second kappa shape index (κ2) is 10.6. The van der Waals surface area contributed by atoms with Crippen molar-refractivity contribution >= 4 is 17.0 Å². The molecule has 0 bridgehead atoms. The van der Waals surface area contributed by atoms with E-state index < -0.39 is 0 Å². The monoisotopic (exact) mass is 293 g/mol. The molecule has 100 valence electrons. The van der Waals surface area contributed by atoms with Gasteiger partial charge in [0, 0.05) is 5.54 Å². The van der Waals surface area contributed by atoms with Crippen LogP contribution in [0.4, 0.5) is 0 Å². The van der Waals surface area contributed by atoms with Gasteiger partial charge in [-0.25, -0.2) is 0 Å². The molecular weight excluding hydrogens is 262 g/mol. The van der Waals surface area contributed by atoms with E-state index in [0.29, 0.717) is 0 Å². The summed E-state index contributed by atoms with van der Waals surface area (Å²) in [5, 5.41) is 0. The normalized spacial score (nSPS) is 13.3. The standard InChI is InChI=1S/C14H31N.BrH/c1-5-9-10-11-12-13(6-2)14(15,7-3)8-4;/h13H,5-12,15H2,1-4H3;1H. The molecule has 0 aliphatic carbocycles. The lowest BCUT2D eigenvalue weighted by Crippen LogP contribution is -2.45. The Kier molecular flexibility index (Phi) is 12.4. The second-order valence-corrected chi connectivity index (χ2v) is 4.89. The Morgan fingerprint density at radius 3 is 1.88 bits per heavy atom. The Hall–Kier alpha value is 0.440. The molecule has 2 N–H and O–H groups in total. The number of halogens is 1. The van der Waals surface area contributed by atoms with Gasteiger partial charge in [0.25, 0.3) is 0 Å². The minimum Gasteiger partial charge on any atom is -0.325 e. The summed E-state index contributed by atoms with van der Waals surface area (Å²) in [7, 11) is 0. The molecule has 0 rings (SSSR count). The van der Waals surface area contributed by atoms with Gasteiger partial charge in [-0.3, -0.25) is 0 Å². The van der Waals surface area contributed by atoms with Crippen molar-refractivity contribution in [1.82, 2.24) is 0 Å². The summed E-state index contributed by atoms with van der Waals surface area (Å²) in [6.07, 6.45) is 10.3. The Balaban J connectivity index is 0. The van der Waals surface area contributed by atoms with Crippen molar-refractivity contribution in [3.63, 3.8) is 0 Å². The molecule has 0 aromatic heterocycles. The highest BCUT2D eigenvalue weighted by atomic mass is 79.9. The van der Waals surface area contributed by atoms with Gasteiger partial charge < -0.3 is 5.73 Å². The first-order valence-corrected chi connectivity index (χ1v) is 6.93. The van der Waals surface area contributed by atoms with Crippen LogP contribution in [0.15, 0.2) is 0 Å². The maximum Gasteiger partial charge on any atom is 0.0177 e. The molecule has 0 spiro atoms. The fourth-order valence-corrected chi connectivity index (χ4v) is 2.54. The molecule has 0 saturated carbocycles. The van der Waals surface area contributed by atoms with Crippen molar-refractivity contribution in [3.8, 4) is 0 Å². The van der Waals surface area contributed by atoms with Crippen LogP contribution in [0.5, 0.6) is 0 Å². The summed E-state index contributed by atoms with van der Waals surface area (Å²) in [6.45, 7) is 9.02. The summed E-state index contributed by atoms with van der Waals surface area (Å²) in [5.74, 6) is 0.726. The number of hydrogen-bond acceptors (Lipinski definition) is 1. The first-order chi connectivity index (χ1) is 7.14. The van der Waals surface area contributed by atoms with E-state index in [-0.39, 0.29) is 22.5 Å². The van der Waals surface area contributed by atoms with Gasteiger partial charge in [0.2, 0.25) is 0 Å². The summed E-state index contributed by atoms with van der Waals surface area (Å²) in [4.78, 5) is 0. The van der Waals surface area contributed by atoms with Crippen molar-refractivity contribution in [1.29, 1.82) is 0 Å². The predicted molar refractivity (Wildman–Crippen MR) is 80.4 cm³/mol. The van der Waals surface area contributed by atoms with Gasteiger partial charge in [-0.15, -0.1) is 17.0 Å². The van der Waals surface area contributed by atoms with Crippen LogP contribution in [-0.2, 0) is 0 Å². The Bertz CT molecular complexity index is 144. The molecular formula is C14H32BrN. The molecule has 0 amide bonds. The molecule has 0 aliphatic heterocycles. The minimum absolute atomic E-state index is 0. The zero-order valence-electron chi connectivity index (χ0n) is 11.7. The first-order valence-electron chi connectivity index (χ1n) is 6.93. The van der Waals surface area contributed by atoms with Gasteiger partial charge in [-0.2, -0.15) is 0 Å². The third kappa shape index (κ3) is 6.24. The van der Waals surface area contributed by atoms with Gasteiger partial charge in [0.05, 0.1) is 0 Å². The number of unbranched alkanes of at least 4 members (excludes halogenated alkanes) is 3. The van der Waals surface area contributed by atoms with Crippen LogP contribution in [0.2, 0.25) is 0 Å². The summed E-state index contributed by atoms with van der Waals surface area (Å²) in [6, 6.07) is 0. The van der Waals surface area contributed by atoms with Crippen LogP contribution in [0.25, 0.3) is 0 Å². The molecule has 0 radical (unpaired) electrons. The first kappa shape index (κ1) is 18.8. The third-order valence-electron chi connectivity index (χ3n) is 4.03. The van der Waals surface area contributed by atoms with E-state index >= 15 is 0 Å². The molecule has 1 unspecified atom stereocenters. The molecule has 1 atom stereocenters. The van der Waals surface area contributed by atoms with Crippen molar-refractivity contribution in [2.45, 2.75) is 84.6 Å². The Morgan fingerprint density at radius 2 is 1.50 bits per heavy atom. The smallest absolute Gasteiger partial charge is 0.0177 e. The van der Waals surface area contributed by atoms with Gasteiger partial charge in [0.1, 0.15) is 0 Å². The summed E-state index contributed by atoms with van der Waals surface area (Å²) >= 11 is 0. The molecule has 1 nitrogen and oxygen atoms in total. The SMILES string of the molecule is Br.CCCCCCC(CC)C(N)(CC)CC. The van der Waals surface area contributed by atoms with Gasteiger partial charge in [0.15, 0.2) is 0 Å². The van der Waals surface area contributed by atoms with E-state index in [1.165, 1.54) is 38.5 Å². The molecule has 2 heteroatoms. The van der Waals surface area contributed by atoms with E-state index in [9.17, 15) is 0 Å². The minimum atomic E-state index is 0. The van der Waals surface area contributed by atoms with E-state index in [1.54, 1.807) is 0 Å². The lowest BCUT2D eigenvalue weighted by atomic mass is 9.76. The van der Waals surface area contributed by atoms with Crippen molar-refractivity contribution < 1.29 is 0 Å². The maximum absolute atomic E-state index is 6.47. The number of hydrogen-bond donors (Lipinski definition) is 1. The van der Waals surface area contributed by atoms with E-state index in [2.05, 4.69) is 27.7 Å². The van der Waals surface area contributed by atoms with Crippen molar-refractivity contribution in [2.24, 2.45) is 11.7 Å². The zero-order valence-corrected chi connectivity index (χ0v) is 13.4. The second-order valence-electron chi connectivity index (χ2n) is 4.89. The quantitative estimate of drug-likeness (QED) is 0.590. The van der Waals surface area contributed by atoms with Crippen LogP contribution >= 0.6 is 17.0 Å². The lowest BCUT2D eigenvalue weighted by molar-refractivity contribution is 0.225. The fourth-order valence-electron chi connectivity index (χ4n) is 2.54. The van der Waals surface area contributed by atoms with E-state index in [4.69, 9.17) is 5.73 Å². The third-order valence-corrected chi connectivity index (χ3v) is 4.03. The molecule has 16 heavy (non-hydrogen) atoms. The van der Waals surface area contributed by atoms with Crippen LogP contribution in [0, 0.1) is 5.92 Å². The van der Waals surface area contributed by atoms with Crippen LogP contribution in [0.1, 0.15) is 79.1 Å². The van der Waals surface area contributed by atoms with Gasteiger partial charge >= 0.3 is 0 Å². The van der Waals surface area contributed by atoms with Gasteiger partial charge in [-0.05, 0) is 25.2 Å². The van der Waals surface area contributed by atoms with Crippen molar-refractivity contribution in [2.75, 3.05) is 0 Å². The maximum atomic E-state index is 6.47. The Morgan fingerprint density at radius 1 is 0.938 bits per heavy atom. The fraction of sp³-hybridized carbons (Fsp3) is 1.00. The molecule has 0 saturated heterocycles.